The van der Waals surface area contributed by atoms with Crippen molar-refractivity contribution in [2.45, 2.75) is 38.5 Å². The third-order valence-electron chi connectivity index (χ3n) is 5.34. The van der Waals surface area contributed by atoms with Gasteiger partial charge >= 0.3 is 11.9 Å². The van der Waals surface area contributed by atoms with Crippen molar-refractivity contribution < 1.29 is 24.2 Å². The molecule has 0 radical (unpaired) electrons. The number of ether oxygens (including phenoxy) is 1. The summed E-state index contributed by atoms with van der Waals surface area (Å²) in [6, 6.07) is 16.9. The molecule has 0 saturated heterocycles. The Morgan fingerprint density at radius 1 is 1.10 bits per heavy atom. The Morgan fingerprint density at radius 2 is 1.81 bits per heavy atom. The first-order valence-electron chi connectivity index (χ1n) is 10.6. The van der Waals surface area contributed by atoms with Crippen LogP contribution in [0.4, 0.5) is 5.69 Å². The lowest BCUT2D eigenvalue weighted by molar-refractivity contribution is -0.145. The van der Waals surface area contributed by atoms with E-state index < -0.39 is 11.9 Å². The third-order valence-corrected chi connectivity index (χ3v) is 5.34. The van der Waals surface area contributed by atoms with Crippen molar-refractivity contribution in [2.75, 3.05) is 24.7 Å². The van der Waals surface area contributed by atoms with Crippen LogP contribution < -0.4 is 5.01 Å². The van der Waals surface area contributed by atoms with Crippen LogP contribution in [0.3, 0.4) is 0 Å². The summed E-state index contributed by atoms with van der Waals surface area (Å²) in [6.07, 6.45) is 2.13. The molecule has 1 aliphatic rings. The first kappa shape index (κ1) is 22.5. The second-order valence-electron chi connectivity index (χ2n) is 7.47. The van der Waals surface area contributed by atoms with Gasteiger partial charge in [0.05, 0.1) is 18.2 Å². The van der Waals surface area contributed by atoms with Gasteiger partial charge in [0.1, 0.15) is 6.54 Å². The van der Waals surface area contributed by atoms with Gasteiger partial charge in [-0.3, -0.25) is 14.4 Å². The second-order valence-corrected chi connectivity index (χ2v) is 7.47. The van der Waals surface area contributed by atoms with Crippen molar-refractivity contribution in [3.8, 4) is 0 Å². The van der Waals surface area contributed by atoms with E-state index in [-0.39, 0.29) is 31.6 Å². The number of carboxylic acids is 1. The first-order valence-corrected chi connectivity index (χ1v) is 10.6. The minimum Gasteiger partial charge on any atom is -0.480 e. The van der Waals surface area contributed by atoms with Crippen molar-refractivity contribution in [1.29, 1.82) is 0 Å². The fourth-order valence-electron chi connectivity index (χ4n) is 3.94. The van der Waals surface area contributed by atoms with E-state index in [1.165, 1.54) is 10.0 Å². The summed E-state index contributed by atoms with van der Waals surface area (Å²) in [5.74, 6) is -2.08. The molecular weight excluding hydrogens is 396 g/mol. The minimum atomic E-state index is -1.04. The van der Waals surface area contributed by atoms with Gasteiger partial charge in [0.15, 0.2) is 0 Å². The number of anilines is 1. The highest BCUT2D eigenvalue weighted by atomic mass is 16.5. The summed E-state index contributed by atoms with van der Waals surface area (Å²) in [4.78, 5) is 37.2. The zero-order valence-electron chi connectivity index (χ0n) is 17.7. The number of benzene rings is 2. The molecule has 0 spiro atoms. The molecule has 7 heteroatoms. The maximum absolute atomic E-state index is 13.0. The van der Waals surface area contributed by atoms with E-state index in [1.54, 1.807) is 6.92 Å². The molecule has 2 aromatic carbocycles. The number of carbonyl (C=O) groups is 3. The van der Waals surface area contributed by atoms with Crippen molar-refractivity contribution in [2.24, 2.45) is 0 Å². The average Bonchev–Trinajstić information content (AvgIpc) is 2.92. The van der Waals surface area contributed by atoms with Gasteiger partial charge in [-0.15, -0.1) is 0 Å². The van der Waals surface area contributed by atoms with Crippen molar-refractivity contribution in [3.05, 3.63) is 65.7 Å². The predicted octanol–water partition coefficient (Wildman–Crippen LogP) is 3.39. The number of hydrazine groups is 1. The molecule has 7 nitrogen and oxygen atoms in total. The maximum Gasteiger partial charge on any atom is 0.319 e. The maximum atomic E-state index is 13.0. The number of hydrogen-bond donors (Lipinski definition) is 1. The number of carbonyl (C=O) groups excluding carboxylic acids is 2. The number of rotatable bonds is 9. The number of aliphatic carboxylic acids is 1. The summed E-state index contributed by atoms with van der Waals surface area (Å²) in [6.45, 7) is 1.89. The van der Waals surface area contributed by atoms with E-state index in [1.807, 2.05) is 54.6 Å². The highest BCUT2D eigenvalue weighted by molar-refractivity contribution is 5.94. The summed E-state index contributed by atoms with van der Waals surface area (Å²) in [7, 11) is 0. The van der Waals surface area contributed by atoms with Gasteiger partial charge in [0.25, 0.3) is 0 Å². The highest BCUT2D eigenvalue weighted by Crippen LogP contribution is 2.29. The fraction of sp³-hybridized carbons (Fsp3) is 0.375. The van der Waals surface area contributed by atoms with Gasteiger partial charge in [-0.25, -0.2) is 10.0 Å². The van der Waals surface area contributed by atoms with E-state index >= 15 is 0 Å². The molecule has 31 heavy (non-hydrogen) atoms. The number of fused-ring (bicyclic) bond motifs is 1. The van der Waals surface area contributed by atoms with Crippen LogP contribution in [0.25, 0.3) is 0 Å². The average molecular weight is 424 g/mol. The first-order chi connectivity index (χ1) is 15.0. The van der Waals surface area contributed by atoms with Crippen LogP contribution in [-0.2, 0) is 25.5 Å². The van der Waals surface area contributed by atoms with Gasteiger partial charge < -0.3 is 9.84 Å². The van der Waals surface area contributed by atoms with Crippen LogP contribution in [0.15, 0.2) is 54.6 Å². The van der Waals surface area contributed by atoms with E-state index in [4.69, 9.17) is 4.74 Å². The van der Waals surface area contributed by atoms with Crippen molar-refractivity contribution in [3.63, 3.8) is 0 Å². The minimum absolute atomic E-state index is 0.140. The lowest BCUT2D eigenvalue weighted by atomic mass is 9.95. The monoisotopic (exact) mass is 424 g/mol. The van der Waals surface area contributed by atoms with Crippen LogP contribution >= 0.6 is 0 Å². The van der Waals surface area contributed by atoms with Gasteiger partial charge in [0, 0.05) is 13.0 Å². The molecular formula is C24H28N2O5. The van der Waals surface area contributed by atoms with Crippen molar-refractivity contribution in [1.82, 2.24) is 5.01 Å². The Labute approximate surface area is 182 Å². The number of hydrogen-bond acceptors (Lipinski definition) is 5. The van der Waals surface area contributed by atoms with E-state index in [0.29, 0.717) is 24.9 Å². The quantitative estimate of drug-likeness (QED) is 0.621. The van der Waals surface area contributed by atoms with Crippen LogP contribution in [-0.4, -0.2) is 47.7 Å². The SMILES string of the molecule is CCOC(=O)C(CCN(CC(=O)O)N1C(=O)CCCc2ccccc21)c1ccccc1. The Bertz CT molecular complexity index is 915. The Balaban J connectivity index is 1.89. The van der Waals surface area contributed by atoms with E-state index in [0.717, 1.165) is 17.5 Å². The molecule has 1 unspecified atom stereocenters. The molecule has 164 valence electrons. The summed E-state index contributed by atoms with van der Waals surface area (Å²) in [5, 5.41) is 12.5. The molecule has 0 aliphatic carbocycles. The Hall–Kier alpha value is -3.19. The molecule has 1 atom stereocenters. The smallest absolute Gasteiger partial charge is 0.319 e. The normalized spacial score (nSPS) is 14.6. The number of carboxylic acid groups (broad SMARTS) is 1. The van der Waals surface area contributed by atoms with Gasteiger partial charge in [0.2, 0.25) is 5.91 Å². The van der Waals surface area contributed by atoms with Gasteiger partial charge in [-0.05, 0) is 43.4 Å². The molecule has 1 N–H and O–H groups in total. The fourth-order valence-corrected chi connectivity index (χ4v) is 3.94. The molecule has 0 bridgehead atoms. The third kappa shape index (κ3) is 5.70. The van der Waals surface area contributed by atoms with E-state index in [2.05, 4.69) is 0 Å². The number of para-hydroxylation sites is 1. The van der Waals surface area contributed by atoms with Crippen molar-refractivity contribution >= 4 is 23.5 Å². The highest BCUT2D eigenvalue weighted by Gasteiger charge is 2.31. The molecule has 0 fully saturated rings. The van der Waals surface area contributed by atoms with Crippen LogP contribution in [0.5, 0.6) is 0 Å². The predicted molar refractivity (Wildman–Crippen MR) is 117 cm³/mol. The topological polar surface area (TPSA) is 87.2 Å². The zero-order valence-corrected chi connectivity index (χ0v) is 17.7. The Kier molecular flexibility index (Phi) is 7.78. The molecule has 3 rings (SSSR count). The standard InChI is InChI=1S/C24H28N2O5/c1-2-31-24(30)20(18-9-4-3-5-10-18)15-16-25(17-23(28)29)26-21-13-7-6-11-19(21)12-8-14-22(26)27/h3-7,9-11,13,20H,2,8,12,14-17H2,1H3,(H,28,29). The molecule has 1 aliphatic heterocycles. The van der Waals surface area contributed by atoms with Crippen LogP contribution in [0.1, 0.15) is 43.2 Å². The molecule has 0 saturated carbocycles. The summed E-state index contributed by atoms with van der Waals surface area (Å²) < 4.78 is 5.26. The number of aryl methyl sites for hydroxylation is 1. The van der Waals surface area contributed by atoms with Crippen LogP contribution in [0.2, 0.25) is 0 Å². The second kappa shape index (κ2) is 10.7. The molecule has 0 aromatic heterocycles. The number of esters is 1. The zero-order chi connectivity index (χ0) is 22.2. The number of amides is 1. The molecule has 1 amide bonds. The van der Waals surface area contributed by atoms with Gasteiger partial charge in [-0.2, -0.15) is 0 Å². The van der Waals surface area contributed by atoms with E-state index in [9.17, 15) is 19.5 Å². The largest absolute Gasteiger partial charge is 0.480 e. The summed E-state index contributed by atoms with van der Waals surface area (Å²) in [5.41, 5.74) is 2.52. The lowest BCUT2D eigenvalue weighted by Gasteiger charge is -2.34. The number of nitrogens with zero attached hydrogens (tertiary/aromatic N) is 2. The molecule has 2 aromatic rings. The Morgan fingerprint density at radius 3 is 2.52 bits per heavy atom. The van der Waals surface area contributed by atoms with Gasteiger partial charge in [-0.1, -0.05) is 48.5 Å². The lowest BCUT2D eigenvalue weighted by Crippen LogP contribution is -2.50. The molecule has 1 heterocycles. The summed E-state index contributed by atoms with van der Waals surface area (Å²) >= 11 is 0. The van der Waals surface area contributed by atoms with Crippen LogP contribution in [0, 0.1) is 0 Å².